The van der Waals surface area contributed by atoms with E-state index in [4.69, 9.17) is 4.74 Å². The predicted molar refractivity (Wildman–Crippen MR) is 343 cm³/mol. The van der Waals surface area contributed by atoms with E-state index < -0.39 is 12.1 Å². The number of carbonyl (C=O) groups excluding carboxylic acids is 2. The Morgan fingerprint density at radius 3 is 0.910 bits per heavy atom. The van der Waals surface area contributed by atoms with Crippen molar-refractivity contribution in [3.63, 3.8) is 0 Å². The van der Waals surface area contributed by atoms with Crippen molar-refractivity contribution in [2.24, 2.45) is 0 Å². The highest BCUT2D eigenvalue weighted by molar-refractivity contribution is 5.76. The zero-order valence-corrected chi connectivity index (χ0v) is 52.9. The average Bonchev–Trinajstić information content (AvgIpc) is 3.44. The molecular formula is C72H139NO5. The maximum Gasteiger partial charge on any atom is 0.305 e. The Morgan fingerprint density at radius 2 is 0.603 bits per heavy atom. The van der Waals surface area contributed by atoms with Crippen LogP contribution >= 0.6 is 0 Å². The van der Waals surface area contributed by atoms with Crippen molar-refractivity contribution in [2.45, 2.75) is 411 Å². The molecule has 0 aromatic rings. The molecule has 6 heteroatoms. The van der Waals surface area contributed by atoms with E-state index in [9.17, 15) is 19.8 Å². The summed E-state index contributed by atoms with van der Waals surface area (Å²) in [6.45, 7) is 4.94. The molecular weight excluding hydrogens is 959 g/mol. The number of ether oxygens (including phenoxy) is 1. The maximum atomic E-state index is 12.5. The van der Waals surface area contributed by atoms with Gasteiger partial charge in [-0.2, -0.15) is 0 Å². The average molecular weight is 1100 g/mol. The summed E-state index contributed by atoms with van der Waals surface area (Å²) in [4.78, 5) is 24.6. The quantitative estimate of drug-likeness (QED) is 0.0320. The lowest BCUT2D eigenvalue weighted by Crippen LogP contribution is -2.45. The summed E-state index contributed by atoms with van der Waals surface area (Å²) >= 11 is 0. The van der Waals surface area contributed by atoms with Crippen LogP contribution in [0, 0.1) is 0 Å². The summed E-state index contributed by atoms with van der Waals surface area (Å²) < 4.78 is 5.50. The van der Waals surface area contributed by atoms with E-state index in [1.165, 1.54) is 327 Å². The zero-order valence-electron chi connectivity index (χ0n) is 52.9. The molecule has 2 atom stereocenters. The van der Waals surface area contributed by atoms with E-state index in [1.54, 1.807) is 6.08 Å². The first kappa shape index (κ1) is 76.3. The number of unbranched alkanes of at least 4 members (excludes halogenated alkanes) is 54. The minimum atomic E-state index is -0.842. The van der Waals surface area contributed by atoms with Gasteiger partial charge in [0.05, 0.1) is 25.4 Å². The number of esters is 1. The molecule has 0 bridgehead atoms. The van der Waals surface area contributed by atoms with E-state index in [-0.39, 0.29) is 18.5 Å². The van der Waals surface area contributed by atoms with Gasteiger partial charge in [-0.05, 0) is 57.8 Å². The summed E-state index contributed by atoms with van der Waals surface area (Å²) in [6, 6.07) is -0.625. The summed E-state index contributed by atoms with van der Waals surface area (Å²) in [7, 11) is 0. The number of nitrogens with one attached hydrogen (secondary N) is 1. The second kappa shape index (κ2) is 67.8. The molecule has 462 valence electrons. The van der Waals surface area contributed by atoms with E-state index in [1.807, 2.05) is 6.08 Å². The lowest BCUT2D eigenvalue weighted by Gasteiger charge is -2.20. The molecule has 2 unspecified atom stereocenters. The van der Waals surface area contributed by atoms with E-state index in [2.05, 4.69) is 31.3 Å². The maximum absolute atomic E-state index is 12.5. The second-order valence-corrected chi connectivity index (χ2v) is 24.6. The lowest BCUT2D eigenvalue weighted by atomic mass is 10.0. The van der Waals surface area contributed by atoms with Crippen molar-refractivity contribution in [2.75, 3.05) is 13.2 Å². The third kappa shape index (κ3) is 63.5. The first-order chi connectivity index (χ1) is 38.5. The van der Waals surface area contributed by atoms with Gasteiger partial charge in [-0.1, -0.05) is 353 Å². The van der Waals surface area contributed by atoms with Gasteiger partial charge in [-0.3, -0.25) is 9.59 Å². The number of allylic oxidation sites excluding steroid dienone is 3. The van der Waals surface area contributed by atoms with Crippen LogP contribution in [0.1, 0.15) is 399 Å². The Morgan fingerprint density at radius 1 is 0.346 bits per heavy atom. The zero-order chi connectivity index (χ0) is 56.4. The molecule has 0 spiro atoms. The molecule has 3 N–H and O–H groups in total. The van der Waals surface area contributed by atoms with Gasteiger partial charge in [0.1, 0.15) is 0 Å². The van der Waals surface area contributed by atoms with E-state index >= 15 is 0 Å². The van der Waals surface area contributed by atoms with Crippen molar-refractivity contribution < 1.29 is 24.5 Å². The van der Waals surface area contributed by atoms with Crippen LogP contribution in [-0.2, 0) is 14.3 Å². The molecule has 0 aliphatic heterocycles. The smallest absolute Gasteiger partial charge is 0.305 e. The molecule has 0 rings (SSSR count). The largest absolute Gasteiger partial charge is 0.466 e. The molecule has 0 saturated carbocycles. The Labute approximate surface area is 488 Å². The number of carbonyl (C=O) groups is 2. The van der Waals surface area contributed by atoms with Gasteiger partial charge < -0.3 is 20.3 Å². The number of amides is 1. The van der Waals surface area contributed by atoms with Crippen molar-refractivity contribution in [1.29, 1.82) is 0 Å². The van der Waals surface area contributed by atoms with Gasteiger partial charge in [0.2, 0.25) is 5.91 Å². The molecule has 0 aliphatic carbocycles. The number of hydrogen-bond donors (Lipinski definition) is 3. The monoisotopic (exact) mass is 1100 g/mol. The minimum absolute atomic E-state index is 0.0118. The van der Waals surface area contributed by atoms with Crippen LogP contribution in [0.15, 0.2) is 24.3 Å². The minimum Gasteiger partial charge on any atom is -0.466 e. The number of aliphatic hydroxyl groups is 2. The standard InChI is InChI=1S/C72H139NO5/c1-3-5-7-9-11-13-15-17-19-33-36-40-44-48-52-56-60-64-70(75)69(68-74)73-71(76)65-61-57-53-49-45-41-37-34-31-29-27-25-23-21-22-24-26-28-30-32-35-39-43-47-51-55-59-63-67-78-72(77)66-62-58-54-50-46-42-38-20-18-16-14-12-10-8-6-4-2/h20,38,60,64,69-70,74-75H,3-19,21-37,39-59,61-63,65-68H2,1-2H3,(H,73,76)/b38-20-,64-60+. The molecule has 0 aromatic heterocycles. The Hall–Kier alpha value is -1.66. The fraction of sp³-hybridized carbons (Fsp3) is 0.917. The first-order valence-corrected chi connectivity index (χ1v) is 35.6. The summed E-state index contributed by atoms with van der Waals surface area (Å²) in [5, 5.41) is 23.2. The molecule has 0 aromatic carbocycles. The predicted octanol–water partition coefficient (Wildman–Crippen LogP) is 22.9. The molecule has 0 fully saturated rings. The van der Waals surface area contributed by atoms with Crippen molar-refractivity contribution >= 4 is 11.9 Å². The molecule has 0 saturated heterocycles. The van der Waals surface area contributed by atoms with Gasteiger partial charge in [-0.25, -0.2) is 0 Å². The summed E-state index contributed by atoms with van der Waals surface area (Å²) in [5.74, 6) is -0.0499. The number of aliphatic hydroxyl groups excluding tert-OH is 2. The molecule has 0 heterocycles. The number of rotatable bonds is 67. The highest BCUT2D eigenvalue weighted by Crippen LogP contribution is 2.19. The third-order valence-corrected chi connectivity index (χ3v) is 16.7. The van der Waals surface area contributed by atoms with Crippen molar-refractivity contribution in [3.8, 4) is 0 Å². The first-order valence-electron chi connectivity index (χ1n) is 35.6. The van der Waals surface area contributed by atoms with Crippen LogP contribution in [0.2, 0.25) is 0 Å². The molecule has 1 amide bonds. The fourth-order valence-corrected chi connectivity index (χ4v) is 11.3. The Balaban J connectivity index is 3.36. The second-order valence-electron chi connectivity index (χ2n) is 24.6. The van der Waals surface area contributed by atoms with Crippen LogP contribution in [0.5, 0.6) is 0 Å². The SMILES string of the molecule is CCCCCCCCC/C=C\CCCCCCCC(=O)OCCCCCCCCCCCCCCCCCCCCCCCCCCCCCCC(=O)NC(CO)C(O)/C=C/CCCCCCCCCCCCCCCCC. The van der Waals surface area contributed by atoms with Crippen molar-refractivity contribution in [1.82, 2.24) is 5.32 Å². The van der Waals surface area contributed by atoms with Crippen LogP contribution in [0.4, 0.5) is 0 Å². The van der Waals surface area contributed by atoms with Gasteiger partial charge in [0, 0.05) is 12.8 Å². The van der Waals surface area contributed by atoms with Gasteiger partial charge in [0.25, 0.3) is 0 Å². The Bertz CT molecular complexity index is 1220. The van der Waals surface area contributed by atoms with Crippen molar-refractivity contribution in [3.05, 3.63) is 24.3 Å². The Kier molecular flexibility index (Phi) is 66.4. The van der Waals surface area contributed by atoms with E-state index in [0.717, 1.165) is 44.9 Å². The summed E-state index contributed by atoms with van der Waals surface area (Å²) in [6.07, 6.45) is 85.5. The highest BCUT2D eigenvalue weighted by atomic mass is 16.5. The van der Waals surface area contributed by atoms with Crippen LogP contribution in [0.3, 0.4) is 0 Å². The van der Waals surface area contributed by atoms with Gasteiger partial charge in [0.15, 0.2) is 0 Å². The van der Waals surface area contributed by atoms with Crippen LogP contribution in [0.25, 0.3) is 0 Å². The lowest BCUT2D eigenvalue weighted by molar-refractivity contribution is -0.143. The molecule has 78 heavy (non-hydrogen) atoms. The normalized spacial score (nSPS) is 12.6. The molecule has 0 aliphatic rings. The van der Waals surface area contributed by atoms with E-state index in [0.29, 0.717) is 19.4 Å². The third-order valence-electron chi connectivity index (χ3n) is 16.7. The molecule has 0 radical (unpaired) electrons. The van der Waals surface area contributed by atoms with Gasteiger partial charge in [-0.15, -0.1) is 0 Å². The fourth-order valence-electron chi connectivity index (χ4n) is 11.3. The van der Waals surface area contributed by atoms with Crippen LogP contribution < -0.4 is 5.32 Å². The molecule has 6 nitrogen and oxygen atoms in total. The topological polar surface area (TPSA) is 95.9 Å². The summed E-state index contributed by atoms with van der Waals surface area (Å²) in [5.41, 5.74) is 0. The van der Waals surface area contributed by atoms with Crippen LogP contribution in [-0.4, -0.2) is 47.4 Å². The number of hydrogen-bond acceptors (Lipinski definition) is 5. The highest BCUT2D eigenvalue weighted by Gasteiger charge is 2.18. The van der Waals surface area contributed by atoms with Gasteiger partial charge >= 0.3 is 5.97 Å².